The Morgan fingerprint density at radius 3 is 2.47 bits per heavy atom. The zero-order valence-electron chi connectivity index (χ0n) is 30.9. The Hall–Kier alpha value is -3.89. The van der Waals surface area contributed by atoms with Crippen molar-refractivity contribution in [3.8, 4) is 5.75 Å². The van der Waals surface area contributed by atoms with Crippen LogP contribution in [0.1, 0.15) is 42.7 Å². The molecule has 1 atom stereocenters. The number of nitro groups is 1. The molecule has 3 aromatic carbocycles. The Morgan fingerprint density at radius 1 is 1.06 bits per heavy atom. The molecule has 2 amide bonds. The van der Waals surface area contributed by atoms with Gasteiger partial charge in [0.2, 0.25) is 0 Å². The molecule has 13 nitrogen and oxygen atoms in total. The molecule has 3 aromatic rings. The fourth-order valence-electron chi connectivity index (χ4n) is 6.71. The Kier molecular flexibility index (Phi) is 14.8. The zero-order valence-corrected chi connectivity index (χ0v) is 32.5. The lowest BCUT2D eigenvalue weighted by Gasteiger charge is -2.32. The molecule has 2 N–H and O–H groups in total. The van der Waals surface area contributed by atoms with Crippen molar-refractivity contribution in [2.75, 3.05) is 84.8 Å². The molecule has 0 bridgehead atoms. The summed E-state index contributed by atoms with van der Waals surface area (Å²) in [6.07, 6.45) is 4.01. The van der Waals surface area contributed by atoms with Crippen LogP contribution in [0.5, 0.6) is 5.75 Å². The summed E-state index contributed by atoms with van der Waals surface area (Å²) in [5.74, 6) is 1.64. The van der Waals surface area contributed by atoms with Crippen molar-refractivity contribution in [1.29, 1.82) is 0 Å². The average Bonchev–Trinajstić information content (AvgIpc) is 3.16. The average molecular weight is 769 g/mol. The van der Waals surface area contributed by atoms with Gasteiger partial charge >= 0.3 is 6.03 Å². The zero-order chi connectivity index (χ0) is 37.8. The molecular weight excluding hydrogens is 717 g/mol. The van der Waals surface area contributed by atoms with E-state index in [0.717, 1.165) is 74.5 Å². The lowest BCUT2D eigenvalue weighted by molar-refractivity contribution is -0.384. The number of methoxy groups -OCH3 is 1. The highest BCUT2D eigenvalue weighted by Crippen LogP contribution is 2.35. The number of ether oxygens (including phenoxy) is 2. The number of rotatable bonds is 17. The minimum Gasteiger partial charge on any atom is -0.496 e. The minimum absolute atomic E-state index is 0.130. The fraction of sp³-hybridized carbons (Fsp3) is 0.500. The van der Waals surface area contributed by atoms with Gasteiger partial charge in [-0.3, -0.25) is 15.0 Å². The minimum atomic E-state index is -4.39. The predicted molar refractivity (Wildman–Crippen MR) is 209 cm³/mol. The molecule has 5 rings (SSSR count). The summed E-state index contributed by atoms with van der Waals surface area (Å²) >= 11 is 1.64. The number of benzene rings is 3. The second-order valence-electron chi connectivity index (χ2n) is 13.8. The summed E-state index contributed by atoms with van der Waals surface area (Å²) in [4.78, 5) is 31.4. The van der Waals surface area contributed by atoms with Crippen molar-refractivity contribution >= 4 is 39.2 Å². The Labute approximate surface area is 317 Å². The van der Waals surface area contributed by atoms with Crippen LogP contribution in [0.2, 0.25) is 0 Å². The molecule has 2 fully saturated rings. The van der Waals surface area contributed by atoms with Crippen LogP contribution >= 0.6 is 11.8 Å². The molecule has 53 heavy (non-hydrogen) atoms. The molecule has 2 aliphatic rings. The van der Waals surface area contributed by atoms with Gasteiger partial charge in [0.25, 0.3) is 15.7 Å². The molecular formula is C38H52N6O7S2. The second-order valence-corrected chi connectivity index (χ2v) is 16.6. The summed E-state index contributed by atoms with van der Waals surface area (Å²) in [6.45, 7) is 6.05. The number of sulfonamides is 1. The van der Waals surface area contributed by atoms with Crippen LogP contribution in [-0.2, 0) is 21.2 Å². The maximum Gasteiger partial charge on any atom is 0.331 e. The van der Waals surface area contributed by atoms with Crippen LogP contribution in [0.3, 0.4) is 0 Å². The Balaban J connectivity index is 1.17. The van der Waals surface area contributed by atoms with E-state index in [1.807, 2.05) is 49.3 Å². The van der Waals surface area contributed by atoms with E-state index < -0.39 is 21.0 Å². The number of amides is 2. The van der Waals surface area contributed by atoms with E-state index in [-0.39, 0.29) is 28.2 Å². The summed E-state index contributed by atoms with van der Waals surface area (Å²) in [5, 5.41) is 15.4. The van der Waals surface area contributed by atoms with E-state index in [0.29, 0.717) is 38.1 Å². The number of aryl methyl sites for hydroxylation is 1. The van der Waals surface area contributed by atoms with Gasteiger partial charge in [-0.15, -0.1) is 11.8 Å². The van der Waals surface area contributed by atoms with Gasteiger partial charge in [0.05, 0.1) is 30.1 Å². The van der Waals surface area contributed by atoms with Crippen LogP contribution in [0, 0.1) is 10.1 Å². The van der Waals surface area contributed by atoms with Gasteiger partial charge in [-0.1, -0.05) is 30.3 Å². The fourth-order valence-corrected chi connectivity index (χ4v) is 8.69. The molecule has 0 radical (unpaired) electrons. The molecule has 0 saturated carbocycles. The van der Waals surface area contributed by atoms with E-state index in [2.05, 4.69) is 33.1 Å². The van der Waals surface area contributed by atoms with Crippen LogP contribution < -0.4 is 14.8 Å². The van der Waals surface area contributed by atoms with Crippen molar-refractivity contribution in [3.63, 3.8) is 0 Å². The van der Waals surface area contributed by atoms with Gasteiger partial charge in [-0.25, -0.2) is 17.9 Å². The third kappa shape index (κ3) is 11.8. The van der Waals surface area contributed by atoms with E-state index in [1.165, 1.54) is 22.6 Å². The molecule has 2 saturated heterocycles. The number of nitrogens with zero attached hydrogens (tertiary/aromatic N) is 4. The summed E-state index contributed by atoms with van der Waals surface area (Å²) in [5.41, 5.74) is 2.14. The van der Waals surface area contributed by atoms with Crippen LogP contribution in [0.4, 0.5) is 16.2 Å². The van der Waals surface area contributed by atoms with Crippen molar-refractivity contribution in [1.82, 2.24) is 19.4 Å². The first-order valence-electron chi connectivity index (χ1n) is 18.2. The third-order valence-electron chi connectivity index (χ3n) is 9.74. The lowest BCUT2D eigenvalue weighted by Crippen LogP contribution is -2.46. The largest absolute Gasteiger partial charge is 0.496 e. The van der Waals surface area contributed by atoms with Gasteiger partial charge < -0.3 is 24.6 Å². The normalized spacial score (nSPS) is 16.3. The number of morpholine rings is 1. The molecule has 0 aromatic heterocycles. The monoisotopic (exact) mass is 768 g/mol. The van der Waals surface area contributed by atoms with Gasteiger partial charge in [0.15, 0.2) is 0 Å². The summed E-state index contributed by atoms with van der Waals surface area (Å²) < 4.78 is 40.1. The molecule has 0 spiro atoms. The summed E-state index contributed by atoms with van der Waals surface area (Å²) in [7, 11) is 1.21. The highest BCUT2D eigenvalue weighted by Gasteiger charge is 2.30. The second kappa shape index (κ2) is 19.4. The molecule has 2 heterocycles. The number of hydrogen-bond acceptors (Lipinski definition) is 11. The molecule has 2 aliphatic heterocycles. The first kappa shape index (κ1) is 40.3. The highest BCUT2D eigenvalue weighted by molar-refractivity contribution is 7.99. The van der Waals surface area contributed by atoms with Gasteiger partial charge in [-0.05, 0) is 107 Å². The number of carbonyl (C=O) groups is 1. The van der Waals surface area contributed by atoms with Crippen LogP contribution in [-0.4, -0.2) is 120 Å². The van der Waals surface area contributed by atoms with Crippen LogP contribution in [0.25, 0.3) is 0 Å². The van der Waals surface area contributed by atoms with Crippen molar-refractivity contribution in [2.24, 2.45) is 0 Å². The first-order chi connectivity index (χ1) is 25.5. The van der Waals surface area contributed by atoms with Crippen molar-refractivity contribution in [2.45, 2.75) is 53.9 Å². The maximum absolute atomic E-state index is 13.4. The number of urea groups is 1. The number of nitro benzene ring substituents is 1. The SMILES string of the molecule is COc1cc(CCCN2CCOCC2)ccc1C1CCN(C(=O)NS(=O)(=O)c2ccc(N[C@H](CCN(C)C)CSc3ccccc3)c([N+](=O)[O-])c2)CC1. The van der Waals surface area contributed by atoms with Crippen LogP contribution in [0.15, 0.2) is 76.5 Å². The van der Waals surface area contributed by atoms with E-state index in [4.69, 9.17) is 9.47 Å². The van der Waals surface area contributed by atoms with E-state index in [9.17, 15) is 23.3 Å². The highest BCUT2D eigenvalue weighted by atomic mass is 32.2. The smallest absolute Gasteiger partial charge is 0.331 e. The molecule has 0 aliphatic carbocycles. The number of hydrogen-bond donors (Lipinski definition) is 2. The summed E-state index contributed by atoms with van der Waals surface area (Å²) in [6, 6.07) is 19.1. The topological polar surface area (TPSA) is 147 Å². The molecule has 288 valence electrons. The third-order valence-corrected chi connectivity index (χ3v) is 12.2. The van der Waals surface area contributed by atoms with E-state index >= 15 is 0 Å². The number of nitrogens with one attached hydrogen (secondary N) is 2. The predicted octanol–water partition coefficient (Wildman–Crippen LogP) is 5.67. The number of piperidine rings is 1. The quantitative estimate of drug-likeness (QED) is 0.0995. The Bertz CT molecular complexity index is 1770. The van der Waals surface area contributed by atoms with Gasteiger partial charge in [-0.2, -0.15) is 0 Å². The number of anilines is 1. The maximum atomic E-state index is 13.4. The standard InChI is InChI=1S/C38H52N6O7S2/c1-41(2)19-17-31(28-52-32-9-5-4-6-10-32)39-35-14-12-33(27-36(35)44(46)47)53(48,49)40-38(45)43-20-15-30(16-21-43)34-13-11-29(26-37(34)50-3)8-7-18-42-22-24-51-25-23-42/h4-6,9-14,26-27,30-31,39H,7-8,15-25,28H2,1-3H3,(H,40,45)/t31-/m1/s1. The molecule has 0 unspecified atom stereocenters. The van der Waals surface area contributed by atoms with Crippen molar-refractivity contribution in [3.05, 3.63) is 88.0 Å². The first-order valence-corrected chi connectivity index (χ1v) is 20.7. The van der Waals surface area contributed by atoms with Gasteiger partial charge in [0.1, 0.15) is 11.4 Å². The van der Waals surface area contributed by atoms with Gasteiger partial charge in [0, 0.05) is 48.9 Å². The molecule has 15 heteroatoms. The number of carbonyl (C=O) groups excluding carboxylic acids is 1. The number of likely N-dealkylation sites (tertiary alicyclic amines) is 1. The van der Waals surface area contributed by atoms with E-state index in [1.54, 1.807) is 18.9 Å². The van der Waals surface area contributed by atoms with Crippen molar-refractivity contribution < 1.29 is 27.6 Å². The Morgan fingerprint density at radius 2 is 1.79 bits per heavy atom. The number of thioether (sulfide) groups is 1. The lowest BCUT2D eigenvalue weighted by atomic mass is 9.88.